The minimum Gasteiger partial charge on any atom is -0.299 e. The molecule has 0 unspecified atom stereocenters. The van der Waals surface area contributed by atoms with Gasteiger partial charge in [-0.15, -0.1) is 0 Å². The van der Waals surface area contributed by atoms with Gasteiger partial charge in [-0.1, -0.05) is 30.1 Å². The maximum absolute atomic E-state index is 12.4. The lowest BCUT2D eigenvalue weighted by Gasteiger charge is -2.11. The van der Waals surface area contributed by atoms with Gasteiger partial charge in [0.1, 0.15) is 0 Å². The highest BCUT2D eigenvalue weighted by atomic mass is 127. The topological polar surface area (TPSA) is 44.0 Å². The molecule has 0 spiro atoms. The summed E-state index contributed by atoms with van der Waals surface area (Å²) >= 11 is 14.0. The van der Waals surface area contributed by atoms with Crippen molar-refractivity contribution in [2.45, 2.75) is 26.4 Å². The first-order chi connectivity index (χ1) is 9.93. The van der Waals surface area contributed by atoms with E-state index in [1.54, 1.807) is 29.0 Å². The van der Waals surface area contributed by atoms with Gasteiger partial charge >= 0.3 is 5.69 Å². The molecule has 0 bridgehead atoms. The number of nitrogens with zero attached hydrogens (tertiary/aromatic N) is 2. The van der Waals surface area contributed by atoms with Crippen molar-refractivity contribution >= 4 is 45.8 Å². The Morgan fingerprint density at radius 2 is 1.95 bits per heavy atom. The van der Waals surface area contributed by atoms with Crippen LogP contribution in [0.5, 0.6) is 0 Å². The first-order valence-electron chi connectivity index (χ1n) is 6.37. The Labute approximate surface area is 145 Å². The Morgan fingerprint density at radius 3 is 2.62 bits per heavy atom. The third-order valence-corrected chi connectivity index (χ3v) is 4.34. The maximum atomic E-state index is 12.4. The molecule has 4 nitrogen and oxygen atoms in total. The highest BCUT2D eigenvalue weighted by Crippen LogP contribution is 2.20. The molecular weight excluding hydrogens is 426 g/mol. The smallest absolute Gasteiger partial charge is 0.299 e. The van der Waals surface area contributed by atoms with Gasteiger partial charge in [0.15, 0.2) is 0 Å². The molecule has 0 aliphatic carbocycles. The SMILES string of the molecule is CCCn1cc(I)c(=O)n(Cc2cc(Cl)ccc2Cl)c1=O. The maximum Gasteiger partial charge on any atom is 0.331 e. The predicted molar refractivity (Wildman–Crippen MR) is 93.5 cm³/mol. The van der Waals surface area contributed by atoms with Gasteiger partial charge in [-0.05, 0) is 52.8 Å². The van der Waals surface area contributed by atoms with Crippen molar-refractivity contribution < 1.29 is 0 Å². The van der Waals surface area contributed by atoms with Crippen molar-refractivity contribution in [3.63, 3.8) is 0 Å². The van der Waals surface area contributed by atoms with E-state index >= 15 is 0 Å². The zero-order valence-corrected chi connectivity index (χ0v) is 14.9. The Balaban J connectivity index is 2.56. The van der Waals surface area contributed by atoms with E-state index in [1.807, 2.05) is 29.5 Å². The minimum atomic E-state index is -0.335. The fourth-order valence-electron chi connectivity index (χ4n) is 1.99. The first kappa shape index (κ1) is 16.6. The fourth-order valence-corrected chi connectivity index (χ4v) is 2.99. The number of aryl methyl sites for hydroxylation is 1. The Hall–Kier alpha value is -0.790. The predicted octanol–water partition coefficient (Wildman–Crippen LogP) is 3.38. The normalized spacial score (nSPS) is 10.9. The molecule has 0 amide bonds. The van der Waals surface area contributed by atoms with Crippen molar-refractivity contribution in [3.8, 4) is 0 Å². The average Bonchev–Trinajstić information content (AvgIpc) is 2.44. The molecule has 112 valence electrons. The second kappa shape index (κ2) is 6.98. The van der Waals surface area contributed by atoms with Crippen LogP contribution in [0.25, 0.3) is 0 Å². The minimum absolute atomic E-state index is 0.109. The van der Waals surface area contributed by atoms with Gasteiger partial charge < -0.3 is 0 Å². The molecule has 1 heterocycles. The molecule has 2 rings (SSSR count). The molecule has 0 aliphatic heterocycles. The number of rotatable bonds is 4. The second-order valence-electron chi connectivity index (χ2n) is 4.58. The van der Waals surface area contributed by atoms with Crippen LogP contribution in [0.2, 0.25) is 10.0 Å². The molecular formula is C14H13Cl2IN2O2. The highest BCUT2D eigenvalue weighted by Gasteiger charge is 2.11. The van der Waals surface area contributed by atoms with Gasteiger partial charge in [-0.2, -0.15) is 0 Å². The van der Waals surface area contributed by atoms with Crippen LogP contribution >= 0.6 is 45.8 Å². The number of hydrogen-bond acceptors (Lipinski definition) is 2. The fraction of sp³-hybridized carbons (Fsp3) is 0.286. The van der Waals surface area contributed by atoms with E-state index in [0.717, 1.165) is 6.42 Å². The summed E-state index contributed by atoms with van der Waals surface area (Å²) in [6.45, 7) is 2.65. The first-order valence-corrected chi connectivity index (χ1v) is 8.21. The van der Waals surface area contributed by atoms with Gasteiger partial charge in [0, 0.05) is 22.8 Å². The largest absolute Gasteiger partial charge is 0.331 e. The van der Waals surface area contributed by atoms with Gasteiger partial charge in [-0.3, -0.25) is 13.9 Å². The second-order valence-corrected chi connectivity index (χ2v) is 6.59. The number of benzene rings is 1. The number of halogens is 3. The zero-order chi connectivity index (χ0) is 15.6. The van der Waals surface area contributed by atoms with Gasteiger partial charge in [-0.25, -0.2) is 4.79 Å². The van der Waals surface area contributed by atoms with E-state index < -0.39 is 0 Å². The van der Waals surface area contributed by atoms with E-state index in [1.165, 1.54) is 4.57 Å². The summed E-state index contributed by atoms with van der Waals surface area (Å²) < 4.78 is 3.23. The number of hydrogen-bond donors (Lipinski definition) is 0. The quantitative estimate of drug-likeness (QED) is 0.687. The standard InChI is InChI=1S/C14H13Cl2IN2O2/c1-2-5-18-8-12(17)13(20)19(14(18)21)7-9-6-10(15)3-4-11(9)16/h3-4,6,8H,2,5,7H2,1H3. The van der Waals surface area contributed by atoms with Crippen LogP contribution in [-0.4, -0.2) is 9.13 Å². The summed E-state index contributed by atoms with van der Waals surface area (Å²) in [5.74, 6) is 0. The Kier molecular flexibility index (Phi) is 5.51. The van der Waals surface area contributed by atoms with E-state index in [9.17, 15) is 9.59 Å². The van der Waals surface area contributed by atoms with Crippen LogP contribution in [0.4, 0.5) is 0 Å². The van der Waals surface area contributed by atoms with Crippen LogP contribution in [0, 0.1) is 3.57 Å². The number of aromatic nitrogens is 2. The molecule has 0 fully saturated rings. The molecule has 0 saturated carbocycles. The summed E-state index contributed by atoms with van der Waals surface area (Å²) in [7, 11) is 0. The van der Waals surface area contributed by atoms with E-state index in [0.29, 0.717) is 25.7 Å². The van der Waals surface area contributed by atoms with E-state index in [-0.39, 0.29) is 17.8 Å². The molecule has 1 aromatic carbocycles. The van der Waals surface area contributed by atoms with Crippen LogP contribution in [-0.2, 0) is 13.1 Å². The van der Waals surface area contributed by atoms with Crippen molar-refractivity contribution in [1.29, 1.82) is 0 Å². The lowest BCUT2D eigenvalue weighted by molar-refractivity contribution is 0.566. The molecule has 7 heteroatoms. The summed E-state index contributed by atoms with van der Waals surface area (Å²) in [4.78, 5) is 24.6. The monoisotopic (exact) mass is 438 g/mol. The van der Waals surface area contributed by atoms with Gasteiger partial charge in [0.05, 0.1) is 10.1 Å². The van der Waals surface area contributed by atoms with Crippen LogP contribution in [0.1, 0.15) is 18.9 Å². The molecule has 1 aromatic heterocycles. The zero-order valence-electron chi connectivity index (χ0n) is 11.3. The summed E-state index contributed by atoms with van der Waals surface area (Å²) in [6, 6.07) is 4.99. The summed E-state index contributed by atoms with van der Waals surface area (Å²) in [5.41, 5.74) is -0.00396. The van der Waals surface area contributed by atoms with Crippen LogP contribution in [0.3, 0.4) is 0 Å². The lowest BCUT2D eigenvalue weighted by Crippen LogP contribution is -2.41. The van der Waals surface area contributed by atoms with Crippen molar-refractivity contribution in [1.82, 2.24) is 9.13 Å². The third-order valence-electron chi connectivity index (χ3n) is 3.00. The van der Waals surface area contributed by atoms with Gasteiger partial charge in [0.2, 0.25) is 0 Å². The molecule has 0 N–H and O–H groups in total. The average molecular weight is 439 g/mol. The summed E-state index contributed by atoms with van der Waals surface area (Å²) in [6.07, 6.45) is 2.40. The van der Waals surface area contributed by atoms with E-state index in [4.69, 9.17) is 23.2 Å². The van der Waals surface area contributed by atoms with Crippen LogP contribution in [0.15, 0.2) is 34.0 Å². The lowest BCUT2D eigenvalue weighted by atomic mass is 10.2. The molecule has 0 aliphatic rings. The Morgan fingerprint density at radius 1 is 1.24 bits per heavy atom. The molecule has 0 radical (unpaired) electrons. The Bertz CT molecular complexity index is 784. The van der Waals surface area contributed by atoms with Crippen molar-refractivity contribution in [3.05, 3.63) is 64.4 Å². The van der Waals surface area contributed by atoms with Crippen molar-refractivity contribution in [2.75, 3.05) is 0 Å². The molecule has 21 heavy (non-hydrogen) atoms. The van der Waals surface area contributed by atoms with E-state index in [2.05, 4.69) is 0 Å². The van der Waals surface area contributed by atoms with Gasteiger partial charge in [0.25, 0.3) is 5.56 Å². The third kappa shape index (κ3) is 3.70. The molecule has 0 atom stereocenters. The highest BCUT2D eigenvalue weighted by molar-refractivity contribution is 14.1. The molecule has 2 aromatic rings. The molecule has 0 saturated heterocycles. The van der Waals surface area contributed by atoms with Crippen LogP contribution < -0.4 is 11.2 Å². The van der Waals surface area contributed by atoms with Crippen molar-refractivity contribution in [2.24, 2.45) is 0 Å². The summed E-state index contributed by atoms with van der Waals surface area (Å²) in [5, 5.41) is 0.994.